The van der Waals surface area contributed by atoms with Gasteiger partial charge in [0, 0.05) is 30.2 Å². The fourth-order valence-electron chi connectivity index (χ4n) is 3.95. The number of carboxylic acids is 1. The Balaban J connectivity index is 1.70. The molecule has 0 unspecified atom stereocenters. The van der Waals surface area contributed by atoms with Crippen LogP contribution in [0.4, 0.5) is 0 Å². The number of hydrogen-bond acceptors (Lipinski definition) is 6. The van der Waals surface area contributed by atoms with Gasteiger partial charge < -0.3 is 14.6 Å². The number of amides is 1. The molecule has 9 heteroatoms. The molecule has 1 amide bonds. The minimum atomic E-state index is -0.941. The smallest absolute Gasteiger partial charge is 0.303 e. The lowest BCUT2D eigenvalue weighted by Gasteiger charge is -2.23. The number of aromatic nitrogens is 1. The maximum absolute atomic E-state index is 13.1. The number of carbonyl (C=O) groups is 2. The van der Waals surface area contributed by atoms with Crippen LogP contribution in [0.5, 0.6) is 11.5 Å². The number of hydrazone groups is 1. The van der Waals surface area contributed by atoms with E-state index < -0.39 is 12.0 Å². The van der Waals surface area contributed by atoms with Crippen molar-refractivity contribution < 1.29 is 24.2 Å². The molecule has 1 atom stereocenters. The maximum Gasteiger partial charge on any atom is 0.303 e. The van der Waals surface area contributed by atoms with E-state index in [-0.39, 0.29) is 30.3 Å². The Morgan fingerprint density at radius 1 is 1.06 bits per heavy atom. The van der Waals surface area contributed by atoms with Gasteiger partial charge in [-0.3, -0.25) is 9.59 Å². The Hall–Kier alpha value is -3.65. The van der Waals surface area contributed by atoms with Crippen LogP contribution < -0.4 is 9.47 Å². The minimum Gasteiger partial charge on any atom is -0.497 e. The summed E-state index contributed by atoms with van der Waals surface area (Å²) in [6.45, 7) is 0. The molecule has 0 saturated heterocycles. The molecule has 0 spiro atoms. The Morgan fingerprint density at radius 2 is 1.76 bits per heavy atom. The molecule has 4 rings (SSSR count). The van der Waals surface area contributed by atoms with E-state index in [1.807, 2.05) is 48.5 Å². The minimum absolute atomic E-state index is 0.0641. The van der Waals surface area contributed by atoms with Crippen LogP contribution in [0, 0.1) is 0 Å². The molecular weight excluding hydrogens is 458 g/mol. The van der Waals surface area contributed by atoms with Crippen LogP contribution in [-0.2, 0) is 9.59 Å². The van der Waals surface area contributed by atoms with Crippen molar-refractivity contribution in [3.05, 3.63) is 64.8 Å². The highest BCUT2D eigenvalue weighted by atomic mass is 35.5. The predicted octanol–water partition coefficient (Wildman–Crippen LogP) is 4.84. The third-order valence-electron chi connectivity index (χ3n) is 5.73. The SMILES string of the molecule is COc1ccc(C2=NN(C(=O)CCCC(=O)O)[C@H](c3cc4cc(OC)ccc4nc3Cl)C2)cc1. The summed E-state index contributed by atoms with van der Waals surface area (Å²) in [5.74, 6) is 0.197. The van der Waals surface area contributed by atoms with Crippen LogP contribution in [0.2, 0.25) is 5.15 Å². The first-order valence-corrected chi connectivity index (χ1v) is 11.2. The van der Waals surface area contributed by atoms with Gasteiger partial charge >= 0.3 is 5.97 Å². The lowest BCUT2D eigenvalue weighted by Crippen LogP contribution is -2.27. The van der Waals surface area contributed by atoms with Crippen LogP contribution in [0.1, 0.15) is 42.9 Å². The summed E-state index contributed by atoms with van der Waals surface area (Å²) in [5, 5.41) is 16.1. The Morgan fingerprint density at radius 3 is 2.44 bits per heavy atom. The first-order valence-electron chi connectivity index (χ1n) is 10.8. The summed E-state index contributed by atoms with van der Waals surface area (Å²) in [7, 11) is 3.19. The number of methoxy groups -OCH3 is 2. The van der Waals surface area contributed by atoms with Crippen LogP contribution in [0.25, 0.3) is 10.9 Å². The fourth-order valence-corrected chi connectivity index (χ4v) is 4.23. The van der Waals surface area contributed by atoms with Crippen molar-refractivity contribution in [1.82, 2.24) is 9.99 Å². The second-order valence-corrected chi connectivity index (χ2v) is 8.27. The van der Waals surface area contributed by atoms with E-state index in [4.69, 9.17) is 26.2 Å². The molecule has 176 valence electrons. The summed E-state index contributed by atoms with van der Waals surface area (Å²) in [4.78, 5) is 28.5. The van der Waals surface area contributed by atoms with E-state index in [1.54, 1.807) is 14.2 Å². The molecule has 8 nitrogen and oxygen atoms in total. The molecule has 1 aliphatic rings. The number of carbonyl (C=O) groups excluding carboxylic acids is 1. The quantitative estimate of drug-likeness (QED) is 0.462. The first-order chi connectivity index (χ1) is 16.4. The second-order valence-electron chi connectivity index (χ2n) is 7.91. The molecule has 3 aromatic rings. The maximum atomic E-state index is 13.1. The van der Waals surface area contributed by atoms with E-state index in [9.17, 15) is 9.59 Å². The summed E-state index contributed by atoms with van der Waals surface area (Å²) in [5.41, 5.74) is 2.96. The summed E-state index contributed by atoms with van der Waals surface area (Å²) in [6, 6.07) is 14.4. The number of halogens is 1. The molecule has 0 aliphatic carbocycles. The van der Waals surface area contributed by atoms with Gasteiger partial charge in [-0.25, -0.2) is 9.99 Å². The molecule has 1 aliphatic heterocycles. The lowest BCUT2D eigenvalue weighted by atomic mass is 9.98. The zero-order chi connectivity index (χ0) is 24.2. The molecule has 0 fully saturated rings. The molecule has 0 radical (unpaired) electrons. The molecular formula is C25H24ClN3O5. The summed E-state index contributed by atoms with van der Waals surface area (Å²) < 4.78 is 10.6. The number of carboxylic acid groups (broad SMARTS) is 1. The van der Waals surface area contributed by atoms with E-state index in [2.05, 4.69) is 10.1 Å². The highest BCUT2D eigenvalue weighted by Gasteiger charge is 2.34. The molecule has 1 aromatic heterocycles. The van der Waals surface area contributed by atoms with Crippen LogP contribution >= 0.6 is 11.6 Å². The number of fused-ring (bicyclic) bond motifs is 1. The van der Waals surface area contributed by atoms with Gasteiger partial charge in [0.05, 0.1) is 31.5 Å². The largest absolute Gasteiger partial charge is 0.497 e. The van der Waals surface area contributed by atoms with Crippen molar-refractivity contribution in [2.75, 3.05) is 14.2 Å². The standard InChI is InChI=1S/C25H24ClN3O5/c1-33-17-8-6-15(7-9-17)21-14-22(29(28-21)23(30)4-3-5-24(31)32)19-13-16-12-18(34-2)10-11-20(16)27-25(19)26/h6-13,22H,3-5,14H2,1-2H3,(H,31,32)/t22-/m0/s1. The van der Waals surface area contributed by atoms with E-state index in [1.165, 1.54) is 5.01 Å². The van der Waals surface area contributed by atoms with E-state index in [0.29, 0.717) is 23.3 Å². The van der Waals surface area contributed by atoms with Crippen LogP contribution in [0.15, 0.2) is 53.6 Å². The van der Waals surface area contributed by atoms with Gasteiger partial charge in [-0.1, -0.05) is 11.6 Å². The van der Waals surface area contributed by atoms with Crippen LogP contribution in [-0.4, -0.2) is 46.9 Å². The Labute approximate surface area is 201 Å². The third-order valence-corrected chi connectivity index (χ3v) is 6.03. The number of hydrogen-bond donors (Lipinski definition) is 1. The zero-order valence-electron chi connectivity index (χ0n) is 18.8. The molecule has 0 bridgehead atoms. The van der Waals surface area contributed by atoms with Crippen molar-refractivity contribution in [1.29, 1.82) is 0 Å². The summed E-state index contributed by atoms with van der Waals surface area (Å²) >= 11 is 6.58. The normalized spacial score (nSPS) is 15.3. The second kappa shape index (κ2) is 10.1. The van der Waals surface area contributed by atoms with Crippen molar-refractivity contribution in [3.63, 3.8) is 0 Å². The first kappa shape index (κ1) is 23.5. The number of ether oxygens (including phenoxy) is 2. The number of rotatable bonds is 8. The number of aliphatic carboxylic acids is 1. The zero-order valence-corrected chi connectivity index (χ0v) is 19.6. The fraction of sp³-hybridized carbons (Fsp3) is 0.280. The van der Waals surface area contributed by atoms with Gasteiger partial charge in [0.15, 0.2) is 0 Å². The average molecular weight is 482 g/mol. The number of pyridine rings is 1. The summed E-state index contributed by atoms with van der Waals surface area (Å²) in [6.07, 6.45) is 0.644. The van der Waals surface area contributed by atoms with Crippen molar-refractivity contribution in [2.45, 2.75) is 31.7 Å². The number of nitrogens with zero attached hydrogens (tertiary/aromatic N) is 3. The molecule has 0 saturated carbocycles. The topological polar surface area (TPSA) is 101 Å². The van der Waals surface area contributed by atoms with E-state index >= 15 is 0 Å². The molecule has 34 heavy (non-hydrogen) atoms. The van der Waals surface area contributed by atoms with Crippen molar-refractivity contribution >= 4 is 40.1 Å². The van der Waals surface area contributed by atoms with Crippen molar-refractivity contribution in [2.24, 2.45) is 5.10 Å². The molecule has 1 N–H and O–H groups in total. The Bertz CT molecular complexity index is 1260. The van der Waals surface area contributed by atoms with Gasteiger partial charge in [0.2, 0.25) is 5.91 Å². The van der Waals surface area contributed by atoms with Gasteiger partial charge in [0.1, 0.15) is 16.7 Å². The molecule has 2 heterocycles. The monoisotopic (exact) mass is 481 g/mol. The third kappa shape index (κ3) is 4.97. The van der Waals surface area contributed by atoms with Gasteiger partial charge in [-0.15, -0.1) is 0 Å². The van der Waals surface area contributed by atoms with Gasteiger partial charge in [0.25, 0.3) is 0 Å². The van der Waals surface area contributed by atoms with Crippen molar-refractivity contribution in [3.8, 4) is 11.5 Å². The van der Waals surface area contributed by atoms with Gasteiger partial charge in [-0.2, -0.15) is 5.10 Å². The van der Waals surface area contributed by atoms with Crippen LogP contribution in [0.3, 0.4) is 0 Å². The van der Waals surface area contributed by atoms with Gasteiger partial charge in [-0.05, 0) is 60.5 Å². The lowest BCUT2D eigenvalue weighted by molar-refractivity contribution is -0.137. The predicted molar refractivity (Wildman–Crippen MR) is 129 cm³/mol. The molecule has 2 aromatic carbocycles. The van der Waals surface area contributed by atoms with E-state index in [0.717, 1.165) is 22.4 Å². The average Bonchev–Trinajstić information content (AvgIpc) is 3.28. The highest BCUT2D eigenvalue weighted by Crippen LogP contribution is 2.38. The highest BCUT2D eigenvalue weighted by molar-refractivity contribution is 6.30. The number of benzene rings is 2. The Kier molecular flexibility index (Phi) is 6.98.